The first-order valence-corrected chi connectivity index (χ1v) is 9.77. The molecule has 0 fully saturated rings. The van der Waals surface area contributed by atoms with E-state index in [4.69, 9.17) is 11.5 Å². The Bertz CT molecular complexity index is 764. The molecule has 25 heavy (non-hydrogen) atoms. The van der Waals surface area contributed by atoms with E-state index in [0.717, 1.165) is 11.5 Å². The fourth-order valence-electron chi connectivity index (χ4n) is 2.36. The van der Waals surface area contributed by atoms with Crippen LogP contribution in [0.25, 0.3) is 10.1 Å². The van der Waals surface area contributed by atoms with Crippen molar-refractivity contribution in [3.8, 4) is 0 Å². The van der Waals surface area contributed by atoms with Crippen LogP contribution >= 0.6 is 11.5 Å². The van der Waals surface area contributed by atoms with Crippen molar-refractivity contribution in [1.82, 2.24) is 4.37 Å². The number of carbonyl (C=O) groups excluding carboxylic acids is 1. The van der Waals surface area contributed by atoms with Crippen molar-refractivity contribution in [2.75, 3.05) is 11.5 Å². The Labute approximate surface area is 149 Å². The second-order valence-electron chi connectivity index (χ2n) is 5.59. The average Bonchev–Trinajstić information content (AvgIpc) is 2.95. The molecule has 1 aromatic heterocycles. The van der Waals surface area contributed by atoms with Gasteiger partial charge in [0.05, 0.1) is 22.4 Å². The van der Waals surface area contributed by atoms with Gasteiger partial charge in [-0.15, -0.1) is 0 Å². The summed E-state index contributed by atoms with van der Waals surface area (Å²) in [5.74, 6) is -2.62. The number of hydrogen-bond acceptors (Lipinski definition) is 5. The van der Waals surface area contributed by atoms with E-state index < -0.39 is 34.8 Å². The molecule has 0 aliphatic carbocycles. The van der Waals surface area contributed by atoms with Gasteiger partial charge < -0.3 is 11.5 Å². The Morgan fingerprint density at radius 3 is 2.52 bits per heavy atom. The van der Waals surface area contributed by atoms with Crippen LogP contribution in [0.1, 0.15) is 24.5 Å². The molecule has 2 rings (SSSR count). The van der Waals surface area contributed by atoms with Crippen molar-refractivity contribution in [3.63, 3.8) is 0 Å². The van der Waals surface area contributed by atoms with Gasteiger partial charge >= 0.3 is 6.18 Å². The van der Waals surface area contributed by atoms with Gasteiger partial charge in [-0.2, -0.15) is 17.5 Å². The number of nitrogens with two attached hydrogens (primary N) is 2. The van der Waals surface area contributed by atoms with E-state index in [2.05, 4.69) is 4.37 Å². The number of nitrogens with zero attached hydrogens (tertiary/aromatic N) is 1. The van der Waals surface area contributed by atoms with E-state index in [1.54, 1.807) is 24.3 Å². The van der Waals surface area contributed by atoms with Gasteiger partial charge in [-0.1, -0.05) is 18.2 Å². The van der Waals surface area contributed by atoms with E-state index in [1.807, 2.05) is 0 Å². The number of halogens is 3. The summed E-state index contributed by atoms with van der Waals surface area (Å²) >= 11 is 1.02. The third-order valence-corrected chi connectivity index (χ3v) is 6.01. The zero-order valence-corrected chi connectivity index (χ0v) is 14.8. The summed E-state index contributed by atoms with van der Waals surface area (Å²) in [4.78, 5) is 10.8. The summed E-state index contributed by atoms with van der Waals surface area (Å²) in [5.41, 5.74) is 10.4. The molecule has 0 saturated heterocycles. The molecular formula is C15H18F3N3O2S2. The Kier molecular flexibility index (Phi) is 6.53. The topological polar surface area (TPSA) is 99.1 Å². The molecule has 0 aliphatic rings. The number of carbonyl (C=O) groups is 1. The summed E-state index contributed by atoms with van der Waals surface area (Å²) < 4.78 is 57.0. The highest BCUT2D eigenvalue weighted by Crippen LogP contribution is 2.40. The predicted molar refractivity (Wildman–Crippen MR) is 92.7 cm³/mol. The largest absolute Gasteiger partial charge is 0.397 e. The molecule has 1 amide bonds. The maximum atomic E-state index is 13.5. The molecule has 0 aliphatic heterocycles. The van der Waals surface area contributed by atoms with Crippen LogP contribution in [-0.2, 0) is 15.6 Å². The molecule has 3 atom stereocenters. The van der Waals surface area contributed by atoms with E-state index in [1.165, 1.54) is 0 Å². The summed E-state index contributed by atoms with van der Waals surface area (Å²) in [6.07, 6.45) is -4.74. The zero-order chi connectivity index (χ0) is 18.6. The maximum Gasteiger partial charge on any atom is 0.397 e. The lowest BCUT2D eigenvalue weighted by atomic mass is 9.99. The van der Waals surface area contributed by atoms with Crippen LogP contribution < -0.4 is 11.5 Å². The minimum atomic E-state index is -4.48. The van der Waals surface area contributed by atoms with Crippen molar-refractivity contribution >= 4 is 38.3 Å². The van der Waals surface area contributed by atoms with Gasteiger partial charge in [-0.3, -0.25) is 9.00 Å². The van der Waals surface area contributed by atoms with E-state index in [0.29, 0.717) is 10.1 Å². The fourth-order valence-corrected chi connectivity index (χ4v) is 4.42. The Morgan fingerprint density at radius 2 is 1.88 bits per heavy atom. The van der Waals surface area contributed by atoms with Crippen molar-refractivity contribution < 1.29 is 22.2 Å². The third-order valence-electron chi connectivity index (χ3n) is 3.79. The molecule has 10 heteroatoms. The molecule has 3 unspecified atom stereocenters. The highest BCUT2D eigenvalue weighted by Gasteiger charge is 2.42. The van der Waals surface area contributed by atoms with Crippen LogP contribution in [0.3, 0.4) is 0 Å². The quantitative estimate of drug-likeness (QED) is 0.719. The van der Waals surface area contributed by atoms with Crippen molar-refractivity contribution in [2.24, 2.45) is 11.5 Å². The van der Waals surface area contributed by atoms with Crippen molar-refractivity contribution in [1.29, 1.82) is 0 Å². The highest BCUT2D eigenvalue weighted by molar-refractivity contribution is 7.84. The monoisotopic (exact) mass is 393 g/mol. The minimum absolute atomic E-state index is 0.0288. The fraction of sp³-hybridized carbons (Fsp3) is 0.467. The van der Waals surface area contributed by atoms with Gasteiger partial charge in [0.1, 0.15) is 0 Å². The molecule has 1 aromatic carbocycles. The van der Waals surface area contributed by atoms with Crippen molar-refractivity contribution in [2.45, 2.75) is 31.0 Å². The van der Waals surface area contributed by atoms with Crippen LogP contribution in [0.4, 0.5) is 13.2 Å². The Morgan fingerprint density at radius 1 is 1.24 bits per heavy atom. The number of fused-ring (bicyclic) bond motifs is 1. The number of hydrogen-bond donors (Lipinski definition) is 2. The molecule has 1 heterocycles. The normalized spacial score (nSPS) is 15.8. The predicted octanol–water partition coefficient (Wildman–Crippen LogP) is 2.28. The second-order valence-corrected chi connectivity index (χ2v) is 8.09. The van der Waals surface area contributed by atoms with Gasteiger partial charge in [0.2, 0.25) is 5.91 Å². The van der Waals surface area contributed by atoms with Crippen LogP contribution in [0.15, 0.2) is 24.3 Å². The molecule has 2 aromatic rings. The Balaban J connectivity index is 2.07. The second kappa shape index (κ2) is 8.24. The number of benzene rings is 1. The summed E-state index contributed by atoms with van der Waals surface area (Å²) in [5, 5.41) is 0.469. The van der Waals surface area contributed by atoms with Gasteiger partial charge in [0.25, 0.3) is 0 Å². The number of aromatic nitrogens is 1. The van der Waals surface area contributed by atoms with Gasteiger partial charge in [0, 0.05) is 27.7 Å². The van der Waals surface area contributed by atoms with Crippen LogP contribution in [0.5, 0.6) is 0 Å². The first kappa shape index (κ1) is 19.8. The number of alkyl halides is 3. The Hall–Kier alpha value is -1.52. The zero-order valence-electron chi connectivity index (χ0n) is 13.2. The van der Waals surface area contributed by atoms with E-state index >= 15 is 0 Å². The summed E-state index contributed by atoms with van der Waals surface area (Å²) in [6.45, 7) is 0. The van der Waals surface area contributed by atoms with Gasteiger partial charge in [0.15, 0.2) is 0 Å². The van der Waals surface area contributed by atoms with Crippen LogP contribution in [-0.4, -0.2) is 38.2 Å². The van der Waals surface area contributed by atoms with Crippen molar-refractivity contribution in [3.05, 3.63) is 30.0 Å². The summed E-state index contributed by atoms with van der Waals surface area (Å²) in [6, 6.07) is 5.79. The van der Waals surface area contributed by atoms with Crippen LogP contribution in [0, 0.1) is 0 Å². The van der Waals surface area contributed by atoms with Crippen LogP contribution in [0.2, 0.25) is 0 Å². The molecule has 0 radical (unpaired) electrons. The van der Waals surface area contributed by atoms with E-state index in [9.17, 15) is 22.2 Å². The molecule has 0 bridgehead atoms. The molecule has 138 valence electrons. The molecule has 5 nitrogen and oxygen atoms in total. The van der Waals surface area contributed by atoms with Gasteiger partial charge in [-0.05, 0) is 30.4 Å². The lowest BCUT2D eigenvalue weighted by Gasteiger charge is -2.19. The smallest absolute Gasteiger partial charge is 0.368 e. The minimum Gasteiger partial charge on any atom is -0.368 e. The third kappa shape index (κ3) is 5.23. The van der Waals surface area contributed by atoms with Gasteiger partial charge in [-0.25, -0.2) is 0 Å². The summed E-state index contributed by atoms with van der Waals surface area (Å²) in [7, 11) is -1.52. The SMILES string of the molecule is NC(=O)C(N)CCS(=O)CCC(c1nsc2ccccc12)C(F)(F)F. The maximum absolute atomic E-state index is 13.5. The molecule has 4 N–H and O–H groups in total. The molecule has 0 spiro atoms. The number of primary amides is 1. The first-order chi connectivity index (χ1) is 11.7. The molecule has 0 saturated carbocycles. The average molecular weight is 393 g/mol. The van der Waals surface area contributed by atoms with E-state index in [-0.39, 0.29) is 30.0 Å². The lowest BCUT2D eigenvalue weighted by Crippen LogP contribution is -2.37. The molecular weight excluding hydrogens is 375 g/mol. The number of rotatable bonds is 8. The number of amides is 1. The standard InChI is InChI=1S/C15H18F3N3O2S2/c16-15(17,18)10(5-7-25(23)8-6-11(19)14(20)22)13-9-3-1-2-4-12(9)24-21-13/h1-4,10-11H,5-8,19H2,(H2,20,22). The highest BCUT2D eigenvalue weighted by atomic mass is 32.2. The lowest BCUT2D eigenvalue weighted by molar-refractivity contribution is -0.151. The first-order valence-electron chi connectivity index (χ1n) is 7.51.